The lowest BCUT2D eigenvalue weighted by Crippen LogP contribution is -2.17. The van der Waals surface area contributed by atoms with Crippen molar-refractivity contribution < 1.29 is 9.53 Å². The first-order valence-corrected chi connectivity index (χ1v) is 10.9. The fraction of sp³-hybridized carbons (Fsp3) is 0.421. The van der Waals surface area contributed by atoms with Gasteiger partial charge in [0.15, 0.2) is 16.8 Å². The Morgan fingerprint density at radius 2 is 2.33 bits per heavy atom. The molecule has 0 spiro atoms. The normalized spacial score (nSPS) is 16.9. The molecule has 6 nitrogen and oxygen atoms in total. The summed E-state index contributed by atoms with van der Waals surface area (Å²) in [6, 6.07) is 5.97. The lowest BCUT2D eigenvalue weighted by molar-refractivity contribution is 0.0953. The predicted octanol–water partition coefficient (Wildman–Crippen LogP) is 4.11. The predicted molar refractivity (Wildman–Crippen MR) is 108 cm³/mol. The van der Waals surface area contributed by atoms with E-state index in [1.54, 1.807) is 11.3 Å². The Bertz CT molecular complexity index is 924. The summed E-state index contributed by atoms with van der Waals surface area (Å²) in [5.74, 6) is 1.29. The van der Waals surface area contributed by atoms with Gasteiger partial charge in [0.2, 0.25) is 0 Å². The van der Waals surface area contributed by atoms with Crippen LogP contribution in [0.3, 0.4) is 0 Å². The largest absolute Gasteiger partial charge is 0.376 e. The number of ether oxygens (including phenoxy) is 1. The van der Waals surface area contributed by atoms with Gasteiger partial charge in [-0.1, -0.05) is 17.8 Å². The molecule has 3 aromatic rings. The first-order valence-electron chi connectivity index (χ1n) is 9.02. The Labute approximate surface area is 166 Å². The van der Waals surface area contributed by atoms with Gasteiger partial charge < -0.3 is 9.72 Å². The Hall–Kier alpha value is -1.90. The maximum atomic E-state index is 12.6. The van der Waals surface area contributed by atoms with E-state index in [4.69, 9.17) is 4.74 Å². The molecule has 27 heavy (non-hydrogen) atoms. The van der Waals surface area contributed by atoms with Crippen LogP contribution in [0.1, 0.15) is 34.6 Å². The number of nitrogens with zero attached hydrogens (tertiary/aromatic N) is 3. The molecule has 4 rings (SSSR count). The molecule has 1 saturated heterocycles. The van der Waals surface area contributed by atoms with Crippen LogP contribution in [0.2, 0.25) is 0 Å². The molecule has 1 aliphatic heterocycles. The second-order valence-corrected chi connectivity index (χ2v) is 8.62. The highest BCUT2D eigenvalue weighted by molar-refractivity contribution is 7.99. The highest BCUT2D eigenvalue weighted by Crippen LogP contribution is 2.29. The summed E-state index contributed by atoms with van der Waals surface area (Å²) in [4.78, 5) is 16.9. The molecule has 4 heterocycles. The van der Waals surface area contributed by atoms with Crippen molar-refractivity contribution in [2.75, 3.05) is 12.4 Å². The minimum Gasteiger partial charge on any atom is -0.376 e. The molecule has 0 aliphatic carbocycles. The third-order valence-corrected chi connectivity index (χ3v) is 6.48. The molecule has 0 bridgehead atoms. The lowest BCUT2D eigenvalue weighted by Gasteiger charge is -2.14. The molecule has 8 heteroatoms. The quantitative estimate of drug-likeness (QED) is 0.476. The number of aryl methyl sites for hydroxylation is 2. The Morgan fingerprint density at radius 1 is 1.44 bits per heavy atom. The van der Waals surface area contributed by atoms with E-state index in [-0.39, 0.29) is 11.9 Å². The van der Waals surface area contributed by atoms with Crippen molar-refractivity contribution in [1.29, 1.82) is 0 Å². The van der Waals surface area contributed by atoms with Crippen LogP contribution >= 0.6 is 23.1 Å². The molecule has 3 aromatic heterocycles. The van der Waals surface area contributed by atoms with Crippen molar-refractivity contribution >= 4 is 28.9 Å². The van der Waals surface area contributed by atoms with Gasteiger partial charge in [-0.15, -0.1) is 21.5 Å². The average Bonchev–Trinajstić information content (AvgIpc) is 3.41. The van der Waals surface area contributed by atoms with Crippen LogP contribution in [0.4, 0.5) is 0 Å². The molecule has 1 atom stereocenters. The van der Waals surface area contributed by atoms with E-state index in [1.807, 2.05) is 37.4 Å². The minimum absolute atomic E-state index is 0.103. The number of hydrogen-bond donors (Lipinski definition) is 1. The standard InChI is InChI=1S/C19H22N4O2S2/c1-12-9-15(13(2)20-12)16(24)11-27-19-22-21-18(17-6-4-8-26-17)23(19)10-14-5-3-7-25-14/h4,6,8-9,14,20H,3,5,7,10-11H2,1-2H3/t14-/m1/s1. The summed E-state index contributed by atoms with van der Waals surface area (Å²) >= 11 is 3.09. The van der Waals surface area contributed by atoms with Gasteiger partial charge in [0.25, 0.3) is 0 Å². The summed E-state index contributed by atoms with van der Waals surface area (Å²) in [6.45, 7) is 5.43. The van der Waals surface area contributed by atoms with Gasteiger partial charge in [0.1, 0.15) is 0 Å². The molecule has 0 saturated carbocycles. The van der Waals surface area contributed by atoms with Crippen LogP contribution in [0.15, 0.2) is 28.7 Å². The van der Waals surface area contributed by atoms with Gasteiger partial charge in [0.05, 0.1) is 23.3 Å². The molecule has 0 radical (unpaired) electrons. The van der Waals surface area contributed by atoms with Gasteiger partial charge >= 0.3 is 0 Å². The number of carbonyl (C=O) groups excluding carboxylic acids is 1. The van der Waals surface area contributed by atoms with Crippen molar-refractivity contribution in [3.63, 3.8) is 0 Å². The number of thiophene rings is 1. The number of ketones is 1. The number of aromatic amines is 1. The molecule has 1 aliphatic rings. The number of nitrogens with one attached hydrogen (secondary N) is 1. The number of carbonyl (C=O) groups is 1. The number of aromatic nitrogens is 4. The number of thioether (sulfide) groups is 1. The maximum Gasteiger partial charge on any atom is 0.192 e. The molecule has 1 N–H and O–H groups in total. The summed E-state index contributed by atoms with van der Waals surface area (Å²) in [6.07, 6.45) is 2.32. The second-order valence-electron chi connectivity index (χ2n) is 6.73. The maximum absolute atomic E-state index is 12.6. The van der Waals surface area contributed by atoms with E-state index in [0.717, 1.165) is 58.8 Å². The highest BCUT2D eigenvalue weighted by atomic mass is 32.2. The summed E-state index contributed by atoms with van der Waals surface area (Å²) in [7, 11) is 0. The molecular weight excluding hydrogens is 380 g/mol. The van der Waals surface area contributed by atoms with Gasteiger partial charge in [-0.2, -0.15) is 0 Å². The summed E-state index contributed by atoms with van der Waals surface area (Å²) in [5, 5.41) is 11.6. The van der Waals surface area contributed by atoms with Crippen LogP contribution in [-0.4, -0.2) is 44.0 Å². The van der Waals surface area contributed by atoms with Crippen LogP contribution in [-0.2, 0) is 11.3 Å². The fourth-order valence-electron chi connectivity index (χ4n) is 3.36. The first kappa shape index (κ1) is 18.5. The van der Waals surface area contributed by atoms with Gasteiger partial charge in [0, 0.05) is 23.6 Å². The van der Waals surface area contributed by atoms with Crippen molar-refractivity contribution in [3.8, 4) is 10.7 Å². The topological polar surface area (TPSA) is 72.8 Å². The third kappa shape index (κ3) is 4.02. The molecule has 0 amide bonds. The van der Waals surface area contributed by atoms with Gasteiger partial charge in [-0.25, -0.2) is 0 Å². The van der Waals surface area contributed by atoms with E-state index in [2.05, 4.69) is 19.7 Å². The highest BCUT2D eigenvalue weighted by Gasteiger charge is 2.23. The van der Waals surface area contributed by atoms with Crippen molar-refractivity contribution in [2.24, 2.45) is 0 Å². The van der Waals surface area contributed by atoms with Crippen molar-refractivity contribution in [1.82, 2.24) is 19.7 Å². The monoisotopic (exact) mass is 402 g/mol. The number of rotatable bonds is 7. The minimum atomic E-state index is 0.103. The van der Waals surface area contributed by atoms with E-state index < -0.39 is 0 Å². The summed E-state index contributed by atoms with van der Waals surface area (Å²) < 4.78 is 7.92. The first-order chi connectivity index (χ1) is 13.1. The Morgan fingerprint density at radius 3 is 3.00 bits per heavy atom. The molecule has 0 aromatic carbocycles. The van der Waals surface area contributed by atoms with Gasteiger partial charge in [-0.05, 0) is 44.2 Å². The van der Waals surface area contributed by atoms with Crippen LogP contribution in [0.5, 0.6) is 0 Å². The number of Topliss-reactive ketones (excluding diaryl/α,β-unsaturated/α-hetero) is 1. The molecule has 142 valence electrons. The number of hydrogen-bond acceptors (Lipinski definition) is 6. The van der Waals surface area contributed by atoms with E-state index in [9.17, 15) is 4.79 Å². The SMILES string of the molecule is Cc1cc(C(=O)CSc2nnc(-c3cccs3)n2C[C@H]2CCCO2)c(C)[nH]1. The molecular formula is C19H22N4O2S2. The second kappa shape index (κ2) is 8.00. The zero-order chi connectivity index (χ0) is 18.8. The van der Waals surface area contributed by atoms with Crippen LogP contribution in [0.25, 0.3) is 10.7 Å². The van der Waals surface area contributed by atoms with E-state index in [1.165, 1.54) is 11.8 Å². The third-order valence-electron chi connectivity index (χ3n) is 4.65. The van der Waals surface area contributed by atoms with Crippen molar-refractivity contribution in [3.05, 3.63) is 40.5 Å². The van der Waals surface area contributed by atoms with E-state index in [0.29, 0.717) is 5.75 Å². The van der Waals surface area contributed by atoms with E-state index >= 15 is 0 Å². The average molecular weight is 403 g/mol. The zero-order valence-corrected chi connectivity index (χ0v) is 17.0. The smallest absolute Gasteiger partial charge is 0.192 e. The Kier molecular flexibility index (Phi) is 5.47. The number of H-pyrrole nitrogens is 1. The zero-order valence-electron chi connectivity index (χ0n) is 15.4. The lowest BCUT2D eigenvalue weighted by atomic mass is 10.2. The van der Waals surface area contributed by atoms with Crippen molar-refractivity contribution in [2.45, 2.75) is 44.5 Å². The molecule has 1 fully saturated rings. The van der Waals surface area contributed by atoms with Crippen LogP contribution in [0, 0.1) is 13.8 Å². The van der Waals surface area contributed by atoms with Gasteiger partial charge in [-0.3, -0.25) is 9.36 Å². The Balaban J connectivity index is 1.54. The molecule has 0 unspecified atom stereocenters. The van der Waals surface area contributed by atoms with Crippen LogP contribution < -0.4 is 0 Å². The summed E-state index contributed by atoms with van der Waals surface area (Å²) in [5.41, 5.74) is 2.67. The fourth-order valence-corrected chi connectivity index (χ4v) is 4.91.